The smallest absolute Gasteiger partial charge is 0.308 e. The van der Waals surface area contributed by atoms with Gasteiger partial charge in [-0.3, -0.25) is 29.2 Å². The fourth-order valence-corrected chi connectivity index (χ4v) is 3.02. The topological polar surface area (TPSA) is 133 Å². The Kier molecular flexibility index (Phi) is 6.61. The molecule has 1 unspecified atom stereocenters. The lowest BCUT2D eigenvalue weighted by molar-refractivity contribution is -0.384. The number of rotatable bonds is 7. The maximum Gasteiger partial charge on any atom is 0.308 e. The van der Waals surface area contributed by atoms with Gasteiger partial charge in [0.1, 0.15) is 0 Å². The van der Waals surface area contributed by atoms with Gasteiger partial charge in [0.25, 0.3) is 11.6 Å². The minimum absolute atomic E-state index is 0.0164. The van der Waals surface area contributed by atoms with Crippen LogP contribution in [0.1, 0.15) is 13.3 Å². The molecule has 0 aliphatic rings. The predicted octanol–water partition coefficient (Wildman–Crippen LogP) is 2.92. The molecule has 0 spiro atoms. The number of anilines is 1. The molecule has 1 N–H and O–H groups in total. The number of nitrogens with zero attached hydrogens (tertiary/aromatic N) is 3. The zero-order valence-electron chi connectivity index (χ0n) is 16.3. The van der Waals surface area contributed by atoms with E-state index in [0.717, 1.165) is 6.07 Å². The normalized spacial score (nSPS) is 11.7. The van der Waals surface area contributed by atoms with E-state index in [2.05, 4.69) is 10.4 Å². The van der Waals surface area contributed by atoms with Crippen LogP contribution in [0.5, 0.6) is 0 Å². The molecule has 0 radical (unpaired) electrons. The van der Waals surface area contributed by atoms with Gasteiger partial charge < -0.3 is 10.1 Å². The second-order valence-electron chi connectivity index (χ2n) is 6.54. The van der Waals surface area contributed by atoms with Crippen molar-refractivity contribution in [1.29, 1.82) is 0 Å². The van der Waals surface area contributed by atoms with E-state index in [1.165, 1.54) is 29.9 Å². The van der Waals surface area contributed by atoms with E-state index in [1.54, 1.807) is 24.3 Å². The number of non-ortho nitro benzene ring substituents is 1. The second-order valence-corrected chi connectivity index (χ2v) is 6.95. The molecule has 0 aliphatic carbocycles. The maximum atomic E-state index is 12.3. The number of hydrogen-bond acceptors (Lipinski definition) is 7. The number of carbonyl (C=O) groups excluding carboxylic acids is 2. The fraction of sp³-hybridized carbons (Fsp3) is 0.200. The molecule has 31 heavy (non-hydrogen) atoms. The van der Waals surface area contributed by atoms with Crippen LogP contribution < -0.4 is 10.7 Å². The molecule has 3 rings (SSSR count). The number of nitrogens with one attached hydrogen (secondary N) is 1. The minimum atomic E-state index is -1.13. The molecule has 11 heteroatoms. The number of benzene rings is 2. The first-order valence-electron chi connectivity index (χ1n) is 9.15. The highest BCUT2D eigenvalue weighted by Crippen LogP contribution is 2.26. The Morgan fingerprint density at radius 2 is 2.03 bits per heavy atom. The first-order chi connectivity index (χ1) is 14.8. The Hall–Kier alpha value is -3.79. The summed E-state index contributed by atoms with van der Waals surface area (Å²) in [5.74, 6) is -1.28. The fourth-order valence-electron chi connectivity index (χ4n) is 2.80. The van der Waals surface area contributed by atoms with Gasteiger partial charge in [0.05, 0.1) is 40.3 Å². The maximum absolute atomic E-state index is 12.3. The van der Waals surface area contributed by atoms with Gasteiger partial charge in [0.2, 0.25) is 5.43 Å². The Morgan fingerprint density at radius 1 is 1.29 bits per heavy atom. The summed E-state index contributed by atoms with van der Waals surface area (Å²) in [5.41, 5.74) is 0.307. The van der Waals surface area contributed by atoms with Crippen molar-refractivity contribution in [3.63, 3.8) is 0 Å². The monoisotopic (exact) mass is 444 g/mol. The summed E-state index contributed by atoms with van der Waals surface area (Å²) in [6.45, 7) is 1.54. The lowest BCUT2D eigenvalue weighted by Gasteiger charge is -2.15. The van der Waals surface area contributed by atoms with Gasteiger partial charge in [-0.15, -0.1) is 0 Å². The van der Waals surface area contributed by atoms with Crippen molar-refractivity contribution in [1.82, 2.24) is 9.78 Å². The summed E-state index contributed by atoms with van der Waals surface area (Å²) in [6.07, 6.45) is -0.0227. The van der Waals surface area contributed by atoms with Gasteiger partial charge >= 0.3 is 5.97 Å². The molecule has 2 aromatic carbocycles. The molecule has 1 aromatic heterocycles. The Balaban J connectivity index is 1.58. The number of carbonyl (C=O) groups is 2. The number of aromatic nitrogens is 2. The van der Waals surface area contributed by atoms with E-state index in [0.29, 0.717) is 10.9 Å². The van der Waals surface area contributed by atoms with Crippen LogP contribution in [-0.2, 0) is 20.9 Å². The number of aryl methyl sites for hydroxylation is 1. The van der Waals surface area contributed by atoms with Crippen LogP contribution in [0.15, 0.2) is 53.5 Å². The summed E-state index contributed by atoms with van der Waals surface area (Å²) in [4.78, 5) is 46.4. The third-order valence-corrected chi connectivity index (χ3v) is 4.70. The van der Waals surface area contributed by atoms with Gasteiger partial charge in [-0.1, -0.05) is 23.7 Å². The molecule has 0 bridgehead atoms. The molecular weight excluding hydrogens is 428 g/mol. The molecule has 160 valence electrons. The van der Waals surface area contributed by atoms with Crippen molar-refractivity contribution < 1.29 is 19.2 Å². The third kappa shape index (κ3) is 5.23. The van der Waals surface area contributed by atoms with Crippen LogP contribution in [0.25, 0.3) is 10.9 Å². The zero-order valence-corrected chi connectivity index (χ0v) is 17.0. The van der Waals surface area contributed by atoms with Crippen LogP contribution in [0, 0.1) is 10.1 Å². The molecule has 0 saturated carbocycles. The van der Waals surface area contributed by atoms with Gasteiger partial charge in [0, 0.05) is 17.5 Å². The average Bonchev–Trinajstić information content (AvgIpc) is 2.74. The van der Waals surface area contributed by atoms with Crippen molar-refractivity contribution in [2.45, 2.75) is 26.0 Å². The van der Waals surface area contributed by atoms with Crippen molar-refractivity contribution >= 4 is 45.8 Å². The predicted molar refractivity (Wildman–Crippen MR) is 113 cm³/mol. The molecule has 1 amide bonds. The number of ether oxygens (including phenoxy) is 1. The summed E-state index contributed by atoms with van der Waals surface area (Å²) < 4.78 is 6.65. The molecule has 10 nitrogen and oxygen atoms in total. The van der Waals surface area contributed by atoms with Gasteiger partial charge in [-0.05, 0) is 25.1 Å². The summed E-state index contributed by atoms with van der Waals surface area (Å²) in [7, 11) is 0. The molecule has 0 fully saturated rings. The molecule has 0 aliphatic heterocycles. The second kappa shape index (κ2) is 9.35. The number of nitro benzene ring substituents is 1. The van der Waals surface area contributed by atoms with Crippen molar-refractivity contribution in [2.75, 3.05) is 5.32 Å². The highest BCUT2D eigenvalue weighted by molar-refractivity contribution is 6.34. The number of halogens is 1. The number of nitro groups is 1. The van der Waals surface area contributed by atoms with Crippen molar-refractivity contribution in [3.05, 3.63) is 74.0 Å². The summed E-state index contributed by atoms with van der Waals surface area (Å²) in [6, 6.07) is 10.5. The lowest BCUT2D eigenvalue weighted by atomic mass is 10.2. The summed E-state index contributed by atoms with van der Waals surface area (Å²) >= 11 is 5.95. The Bertz CT molecular complexity index is 1230. The van der Waals surface area contributed by atoms with E-state index < -0.39 is 22.9 Å². The lowest BCUT2D eigenvalue weighted by Crippen LogP contribution is -2.30. The van der Waals surface area contributed by atoms with E-state index in [4.69, 9.17) is 16.3 Å². The van der Waals surface area contributed by atoms with Crippen molar-refractivity contribution in [2.24, 2.45) is 0 Å². The van der Waals surface area contributed by atoms with Gasteiger partial charge in [-0.25, -0.2) is 0 Å². The van der Waals surface area contributed by atoms with Crippen LogP contribution >= 0.6 is 11.6 Å². The standard InChI is InChI=1S/C20H17ClN4O6/c1-12(20(28)23-16-7-6-13(25(29)30)10-15(16)21)31-19(27)8-9-24-17-5-3-2-4-14(17)18(26)11-22-24/h2-7,10-12H,8-9H2,1H3,(H,23,28). The summed E-state index contributed by atoms with van der Waals surface area (Å²) in [5, 5.41) is 17.7. The zero-order chi connectivity index (χ0) is 22.5. The Labute approximate surface area is 180 Å². The van der Waals surface area contributed by atoms with E-state index in [-0.39, 0.29) is 34.8 Å². The van der Waals surface area contributed by atoms with Crippen molar-refractivity contribution in [3.8, 4) is 0 Å². The number of esters is 1. The number of amides is 1. The molecule has 0 saturated heterocycles. The SMILES string of the molecule is CC(OC(=O)CCn1ncc(=O)c2ccccc21)C(=O)Nc1ccc([N+](=O)[O-])cc1Cl. The largest absolute Gasteiger partial charge is 0.452 e. The highest BCUT2D eigenvalue weighted by Gasteiger charge is 2.20. The van der Waals surface area contributed by atoms with Crippen LogP contribution in [0.2, 0.25) is 5.02 Å². The van der Waals surface area contributed by atoms with Crippen LogP contribution in [0.3, 0.4) is 0 Å². The quantitative estimate of drug-likeness (QED) is 0.336. The van der Waals surface area contributed by atoms with E-state index >= 15 is 0 Å². The molecule has 1 atom stereocenters. The number of hydrogen-bond donors (Lipinski definition) is 1. The molecular formula is C20H17ClN4O6. The Morgan fingerprint density at radius 3 is 2.74 bits per heavy atom. The van der Waals surface area contributed by atoms with E-state index in [9.17, 15) is 24.5 Å². The van der Waals surface area contributed by atoms with Gasteiger partial charge in [0.15, 0.2) is 6.10 Å². The average molecular weight is 445 g/mol. The molecule has 3 aromatic rings. The van der Waals surface area contributed by atoms with E-state index in [1.807, 2.05) is 0 Å². The number of fused-ring (bicyclic) bond motifs is 1. The minimum Gasteiger partial charge on any atom is -0.452 e. The third-order valence-electron chi connectivity index (χ3n) is 4.39. The van der Waals surface area contributed by atoms with Gasteiger partial charge in [-0.2, -0.15) is 5.10 Å². The highest BCUT2D eigenvalue weighted by atomic mass is 35.5. The van der Waals surface area contributed by atoms with Crippen LogP contribution in [0.4, 0.5) is 11.4 Å². The first kappa shape index (κ1) is 21.9. The first-order valence-corrected chi connectivity index (χ1v) is 9.53. The van der Waals surface area contributed by atoms with Crippen LogP contribution in [-0.4, -0.2) is 32.7 Å². The number of para-hydroxylation sites is 1. The molecule has 1 heterocycles.